The summed E-state index contributed by atoms with van der Waals surface area (Å²) < 4.78 is 5.68. The molecule has 144 valence electrons. The first-order chi connectivity index (χ1) is 13.3. The monoisotopic (exact) mass is 367 g/mol. The van der Waals surface area contributed by atoms with Crippen molar-refractivity contribution in [1.29, 1.82) is 0 Å². The lowest BCUT2D eigenvalue weighted by Crippen LogP contribution is -2.46. The van der Waals surface area contributed by atoms with E-state index in [4.69, 9.17) is 9.72 Å². The van der Waals surface area contributed by atoms with Crippen molar-refractivity contribution in [2.45, 2.75) is 32.4 Å². The van der Waals surface area contributed by atoms with Crippen LogP contribution in [-0.2, 0) is 11.3 Å². The fourth-order valence-electron chi connectivity index (χ4n) is 3.78. The van der Waals surface area contributed by atoms with E-state index in [9.17, 15) is 0 Å². The zero-order valence-electron chi connectivity index (χ0n) is 16.1. The van der Waals surface area contributed by atoms with Crippen molar-refractivity contribution in [1.82, 2.24) is 14.9 Å². The minimum absolute atomic E-state index is 0.291. The maximum Gasteiger partial charge on any atom is 0.224 e. The van der Waals surface area contributed by atoms with E-state index in [1.807, 2.05) is 6.92 Å². The number of nitrogens with one attached hydrogen (secondary N) is 1. The quantitative estimate of drug-likeness (QED) is 0.847. The maximum absolute atomic E-state index is 5.68. The number of aromatic nitrogens is 2. The summed E-state index contributed by atoms with van der Waals surface area (Å²) in [5.74, 6) is 1.74. The van der Waals surface area contributed by atoms with Gasteiger partial charge in [-0.1, -0.05) is 30.3 Å². The number of piperazine rings is 1. The van der Waals surface area contributed by atoms with E-state index < -0.39 is 0 Å². The molecule has 0 saturated carbocycles. The molecular weight excluding hydrogens is 338 g/mol. The van der Waals surface area contributed by atoms with Crippen LogP contribution < -0.4 is 10.2 Å². The summed E-state index contributed by atoms with van der Waals surface area (Å²) in [5, 5.41) is 3.36. The number of ether oxygens (including phenoxy) is 1. The standard InChI is InChI=1S/C21H29N5O/c1-17-14-20(24-21(23-17)22-15-19-8-5-13-27-19)26-11-9-25(10-12-26)16-18-6-3-2-4-7-18/h2-4,6-7,14,19H,5,8-13,15-16H2,1H3,(H,22,23,24). The number of rotatable bonds is 6. The molecular formula is C21H29N5O. The molecule has 2 aromatic rings. The highest BCUT2D eigenvalue weighted by Gasteiger charge is 2.20. The van der Waals surface area contributed by atoms with Crippen molar-refractivity contribution in [2.24, 2.45) is 0 Å². The van der Waals surface area contributed by atoms with Crippen LogP contribution in [-0.4, -0.2) is 60.3 Å². The Morgan fingerprint density at radius 2 is 1.93 bits per heavy atom. The van der Waals surface area contributed by atoms with Crippen LogP contribution in [0.4, 0.5) is 11.8 Å². The predicted octanol–water partition coefficient (Wildman–Crippen LogP) is 2.70. The van der Waals surface area contributed by atoms with Crippen LogP contribution in [0.3, 0.4) is 0 Å². The van der Waals surface area contributed by atoms with E-state index in [0.717, 1.165) is 70.2 Å². The first kappa shape index (κ1) is 18.2. The van der Waals surface area contributed by atoms with E-state index in [2.05, 4.69) is 56.5 Å². The smallest absolute Gasteiger partial charge is 0.224 e. The number of anilines is 2. The van der Waals surface area contributed by atoms with Crippen molar-refractivity contribution in [3.8, 4) is 0 Å². The molecule has 0 spiro atoms. The van der Waals surface area contributed by atoms with Crippen LogP contribution in [0.15, 0.2) is 36.4 Å². The maximum atomic E-state index is 5.68. The van der Waals surface area contributed by atoms with Gasteiger partial charge in [-0.25, -0.2) is 4.98 Å². The number of hydrogen-bond donors (Lipinski definition) is 1. The molecule has 2 fully saturated rings. The Kier molecular flexibility index (Phi) is 5.84. The third kappa shape index (κ3) is 4.96. The van der Waals surface area contributed by atoms with Crippen LogP contribution in [0.5, 0.6) is 0 Å². The molecule has 0 aliphatic carbocycles. The van der Waals surface area contributed by atoms with Gasteiger partial charge in [-0.3, -0.25) is 4.90 Å². The lowest BCUT2D eigenvalue weighted by atomic mass is 10.2. The second kappa shape index (κ2) is 8.67. The molecule has 1 aromatic heterocycles. The topological polar surface area (TPSA) is 53.5 Å². The van der Waals surface area contributed by atoms with E-state index in [0.29, 0.717) is 12.1 Å². The van der Waals surface area contributed by atoms with E-state index in [1.165, 1.54) is 5.56 Å². The Hall–Kier alpha value is -2.18. The van der Waals surface area contributed by atoms with Crippen molar-refractivity contribution in [2.75, 3.05) is 49.5 Å². The van der Waals surface area contributed by atoms with Crippen molar-refractivity contribution in [3.05, 3.63) is 47.7 Å². The minimum Gasteiger partial charge on any atom is -0.376 e. The number of hydrogen-bond acceptors (Lipinski definition) is 6. The first-order valence-corrected chi connectivity index (χ1v) is 9.99. The summed E-state index contributed by atoms with van der Waals surface area (Å²) in [4.78, 5) is 14.2. The highest BCUT2D eigenvalue weighted by atomic mass is 16.5. The van der Waals surface area contributed by atoms with E-state index in [1.54, 1.807) is 0 Å². The molecule has 1 N–H and O–H groups in total. The molecule has 0 bridgehead atoms. The molecule has 2 saturated heterocycles. The van der Waals surface area contributed by atoms with Gasteiger partial charge in [-0.2, -0.15) is 4.98 Å². The summed E-state index contributed by atoms with van der Waals surface area (Å²) in [6.07, 6.45) is 2.56. The highest BCUT2D eigenvalue weighted by Crippen LogP contribution is 2.19. The fraction of sp³-hybridized carbons (Fsp3) is 0.524. The number of benzene rings is 1. The van der Waals surface area contributed by atoms with Gasteiger partial charge >= 0.3 is 0 Å². The van der Waals surface area contributed by atoms with Gasteiger partial charge in [0.1, 0.15) is 5.82 Å². The molecule has 6 nitrogen and oxygen atoms in total. The third-order valence-electron chi connectivity index (χ3n) is 5.30. The van der Waals surface area contributed by atoms with Crippen LogP contribution in [0.25, 0.3) is 0 Å². The third-order valence-corrected chi connectivity index (χ3v) is 5.30. The SMILES string of the molecule is Cc1cc(N2CCN(Cc3ccccc3)CC2)nc(NCC2CCCO2)n1. The van der Waals surface area contributed by atoms with Gasteiger partial charge in [0, 0.05) is 57.6 Å². The average molecular weight is 367 g/mol. The highest BCUT2D eigenvalue weighted by molar-refractivity contribution is 5.45. The van der Waals surface area contributed by atoms with Crippen LogP contribution in [0.2, 0.25) is 0 Å². The van der Waals surface area contributed by atoms with Crippen LogP contribution >= 0.6 is 0 Å². The van der Waals surface area contributed by atoms with Crippen LogP contribution in [0.1, 0.15) is 24.1 Å². The van der Waals surface area contributed by atoms with Gasteiger partial charge in [-0.05, 0) is 25.3 Å². The fourth-order valence-corrected chi connectivity index (χ4v) is 3.78. The Morgan fingerprint density at radius 3 is 2.67 bits per heavy atom. The lowest BCUT2D eigenvalue weighted by Gasteiger charge is -2.35. The van der Waals surface area contributed by atoms with E-state index >= 15 is 0 Å². The molecule has 1 atom stereocenters. The summed E-state index contributed by atoms with van der Waals surface area (Å²) in [6, 6.07) is 12.8. The minimum atomic E-state index is 0.291. The summed E-state index contributed by atoms with van der Waals surface area (Å²) in [6.45, 7) is 8.81. The average Bonchev–Trinajstić information content (AvgIpc) is 3.21. The van der Waals surface area contributed by atoms with Crippen molar-refractivity contribution >= 4 is 11.8 Å². The van der Waals surface area contributed by atoms with Gasteiger partial charge in [0.25, 0.3) is 0 Å². The normalized spacial score (nSPS) is 20.8. The second-order valence-corrected chi connectivity index (χ2v) is 7.46. The van der Waals surface area contributed by atoms with Gasteiger partial charge in [0.15, 0.2) is 0 Å². The zero-order chi connectivity index (χ0) is 18.5. The number of nitrogens with zero attached hydrogens (tertiary/aromatic N) is 4. The summed E-state index contributed by atoms with van der Waals surface area (Å²) in [7, 11) is 0. The molecule has 27 heavy (non-hydrogen) atoms. The van der Waals surface area contributed by atoms with Crippen LogP contribution in [0, 0.1) is 6.92 Å². The lowest BCUT2D eigenvalue weighted by molar-refractivity contribution is 0.120. The van der Waals surface area contributed by atoms with Crippen molar-refractivity contribution in [3.63, 3.8) is 0 Å². The summed E-state index contributed by atoms with van der Waals surface area (Å²) in [5.41, 5.74) is 2.38. The van der Waals surface area contributed by atoms with E-state index in [-0.39, 0.29) is 0 Å². The largest absolute Gasteiger partial charge is 0.376 e. The Balaban J connectivity index is 1.33. The molecule has 6 heteroatoms. The summed E-state index contributed by atoms with van der Waals surface area (Å²) >= 11 is 0. The molecule has 2 aliphatic heterocycles. The molecule has 4 rings (SSSR count). The van der Waals surface area contributed by atoms with Gasteiger partial charge in [0.05, 0.1) is 6.10 Å². The second-order valence-electron chi connectivity index (χ2n) is 7.46. The Morgan fingerprint density at radius 1 is 1.11 bits per heavy atom. The molecule has 1 unspecified atom stereocenters. The van der Waals surface area contributed by atoms with Gasteiger partial charge in [0.2, 0.25) is 5.95 Å². The predicted molar refractivity (Wildman–Crippen MR) is 108 cm³/mol. The molecule has 0 amide bonds. The molecule has 1 aromatic carbocycles. The Labute approximate surface area is 161 Å². The molecule has 2 aliphatic rings. The molecule has 3 heterocycles. The Bertz CT molecular complexity index is 725. The van der Waals surface area contributed by atoms with Crippen molar-refractivity contribution < 1.29 is 4.74 Å². The first-order valence-electron chi connectivity index (χ1n) is 9.99. The van der Waals surface area contributed by atoms with Gasteiger partial charge < -0.3 is 15.0 Å². The zero-order valence-corrected chi connectivity index (χ0v) is 16.1. The number of aryl methyl sites for hydroxylation is 1. The van der Waals surface area contributed by atoms with Gasteiger partial charge in [-0.15, -0.1) is 0 Å². The molecule has 0 radical (unpaired) electrons.